The van der Waals surface area contributed by atoms with Crippen molar-refractivity contribution in [2.24, 2.45) is 0 Å². The maximum absolute atomic E-state index is 14.9. The van der Waals surface area contributed by atoms with Crippen molar-refractivity contribution in [2.75, 3.05) is 4.31 Å². The molecule has 44 heavy (non-hydrogen) atoms. The zero-order chi connectivity index (χ0) is 31.0. The number of fused-ring (bicyclic) bond motifs is 1. The summed E-state index contributed by atoms with van der Waals surface area (Å²) in [4.78, 5) is 0.231. The van der Waals surface area contributed by atoms with Crippen molar-refractivity contribution in [1.82, 2.24) is 0 Å². The molecule has 218 valence electrons. The lowest BCUT2D eigenvalue weighted by Crippen LogP contribution is -2.31. The molecule has 1 atom stereocenters. The van der Waals surface area contributed by atoms with Crippen molar-refractivity contribution in [1.29, 1.82) is 0 Å². The summed E-state index contributed by atoms with van der Waals surface area (Å²) in [6.07, 6.45) is 0. The molecule has 0 bridgehead atoms. The average molecular weight is 610 g/mol. The summed E-state index contributed by atoms with van der Waals surface area (Å²) in [5.74, 6) is 3.82. The van der Waals surface area contributed by atoms with Gasteiger partial charge >= 0.3 is 0 Å². The zero-order valence-corrected chi connectivity index (χ0v) is 27.3. The number of hydrogen-bond acceptors (Lipinski definition) is 2. The van der Waals surface area contributed by atoms with Crippen LogP contribution >= 0.6 is 0 Å². The van der Waals surface area contributed by atoms with Crippen molar-refractivity contribution >= 4 is 35.1 Å². The third-order valence-electron chi connectivity index (χ3n) is 7.85. The Balaban J connectivity index is 1.83. The molecule has 0 saturated carbocycles. The van der Waals surface area contributed by atoms with Gasteiger partial charge in [0.2, 0.25) is 0 Å². The summed E-state index contributed by atoms with van der Waals surface area (Å²) in [7, 11) is -5.96. The second-order valence-corrected chi connectivity index (χ2v) is 18.7. The largest absolute Gasteiger partial charge is 0.268 e. The summed E-state index contributed by atoms with van der Waals surface area (Å²) in [5.41, 5.74) is 9.58. The van der Waals surface area contributed by atoms with Crippen molar-refractivity contribution in [3.63, 3.8) is 0 Å². The van der Waals surface area contributed by atoms with Gasteiger partial charge in [-0.05, 0) is 47.9 Å². The molecular formula is C39H35NO2SSi. The van der Waals surface area contributed by atoms with Crippen LogP contribution in [0.2, 0.25) is 19.6 Å². The molecule has 0 spiro atoms. The van der Waals surface area contributed by atoms with E-state index in [4.69, 9.17) is 0 Å². The molecule has 6 rings (SSSR count). The number of para-hydroxylation sites is 1. The lowest BCUT2D eigenvalue weighted by molar-refractivity contribution is 0.596. The van der Waals surface area contributed by atoms with Crippen LogP contribution in [0.4, 0.5) is 5.69 Å². The number of hydrogen-bond donors (Lipinski definition) is 0. The highest BCUT2D eigenvalue weighted by atomic mass is 32.2. The summed E-state index contributed by atoms with van der Waals surface area (Å²) >= 11 is 0. The predicted molar refractivity (Wildman–Crippen MR) is 185 cm³/mol. The second kappa shape index (κ2) is 11.5. The van der Waals surface area contributed by atoms with E-state index in [1.807, 2.05) is 104 Å². The third kappa shape index (κ3) is 5.21. The highest BCUT2D eigenvalue weighted by molar-refractivity contribution is 7.93. The van der Waals surface area contributed by atoms with E-state index in [9.17, 15) is 8.42 Å². The minimum atomic E-state index is -4.08. The fourth-order valence-corrected chi connectivity index (χ4v) is 7.95. The molecule has 5 heteroatoms. The molecule has 0 amide bonds. The molecule has 5 aromatic carbocycles. The second-order valence-electron chi connectivity index (χ2n) is 12.2. The topological polar surface area (TPSA) is 37.4 Å². The van der Waals surface area contributed by atoms with Crippen LogP contribution in [0.25, 0.3) is 11.3 Å². The van der Waals surface area contributed by atoms with Crippen molar-refractivity contribution in [3.05, 3.63) is 167 Å². The minimum Gasteiger partial charge on any atom is -0.234 e. The van der Waals surface area contributed by atoms with Crippen LogP contribution in [-0.2, 0) is 15.4 Å². The number of nitrogens with zero attached hydrogens (tertiary/aromatic N) is 1. The average Bonchev–Trinajstić information content (AvgIpc) is 3.32. The summed E-state index contributed by atoms with van der Waals surface area (Å²) in [6.45, 7) is 8.68. The van der Waals surface area contributed by atoms with E-state index in [-0.39, 0.29) is 4.90 Å². The standard InChI is InChI=1S/C39H35NO2SSi/c1-30-24-26-34(27-25-30)43(41,42)40(33-20-12-7-13-21-33)38-35-22-14-15-23-36(35)39(28-29-44(2,3)4,32-18-10-6-11-19-32)37(38)31-16-8-5-9-17-31/h5-27H,1-4H3. The van der Waals surface area contributed by atoms with Gasteiger partial charge in [0.15, 0.2) is 0 Å². The summed E-state index contributed by atoms with van der Waals surface area (Å²) in [6, 6.07) is 45.1. The highest BCUT2D eigenvalue weighted by Gasteiger charge is 2.49. The normalized spacial score (nSPS) is 16.2. The van der Waals surface area contributed by atoms with E-state index in [2.05, 4.69) is 61.4 Å². The van der Waals surface area contributed by atoms with Gasteiger partial charge in [-0.25, -0.2) is 12.7 Å². The van der Waals surface area contributed by atoms with Crippen LogP contribution in [0.3, 0.4) is 0 Å². The Morgan fingerprint density at radius 3 is 1.82 bits per heavy atom. The van der Waals surface area contributed by atoms with Gasteiger partial charge in [0.05, 0.1) is 16.3 Å². The summed E-state index contributed by atoms with van der Waals surface area (Å²) < 4.78 is 31.4. The molecule has 1 aliphatic carbocycles. The fourth-order valence-electron chi connectivity index (χ4n) is 5.87. The van der Waals surface area contributed by atoms with E-state index >= 15 is 0 Å². The lowest BCUT2D eigenvalue weighted by atomic mass is 9.70. The number of aryl methyl sites for hydroxylation is 1. The van der Waals surface area contributed by atoms with Gasteiger partial charge in [0, 0.05) is 11.1 Å². The predicted octanol–water partition coefficient (Wildman–Crippen LogP) is 8.94. The molecule has 0 saturated heterocycles. The van der Waals surface area contributed by atoms with E-state index < -0.39 is 23.5 Å². The first-order valence-corrected chi connectivity index (χ1v) is 19.7. The van der Waals surface area contributed by atoms with E-state index in [1.54, 1.807) is 16.4 Å². The van der Waals surface area contributed by atoms with Gasteiger partial charge < -0.3 is 0 Å². The Morgan fingerprint density at radius 2 is 1.20 bits per heavy atom. The Hall–Kier alpha value is -4.63. The molecule has 1 unspecified atom stereocenters. The molecule has 0 fully saturated rings. The lowest BCUT2D eigenvalue weighted by Gasteiger charge is -2.32. The van der Waals surface area contributed by atoms with E-state index in [0.29, 0.717) is 11.4 Å². The van der Waals surface area contributed by atoms with E-state index in [0.717, 1.165) is 33.4 Å². The molecule has 0 N–H and O–H groups in total. The van der Waals surface area contributed by atoms with Crippen molar-refractivity contribution < 1.29 is 8.42 Å². The van der Waals surface area contributed by atoms with E-state index in [1.165, 1.54) is 0 Å². The van der Waals surface area contributed by atoms with Crippen LogP contribution in [-0.4, -0.2) is 16.5 Å². The molecule has 5 aromatic rings. The summed E-state index contributed by atoms with van der Waals surface area (Å²) in [5, 5.41) is 0. The van der Waals surface area contributed by atoms with Gasteiger partial charge in [0.1, 0.15) is 13.5 Å². The first-order chi connectivity index (χ1) is 21.1. The number of sulfonamides is 1. The molecule has 0 radical (unpaired) electrons. The van der Waals surface area contributed by atoms with Gasteiger partial charge in [-0.2, -0.15) is 0 Å². The minimum absolute atomic E-state index is 0.231. The van der Waals surface area contributed by atoms with Crippen LogP contribution in [0.15, 0.2) is 144 Å². The van der Waals surface area contributed by atoms with Crippen molar-refractivity contribution in [3.8, 4) is 11.5 Å². The Morgan fingerprint density at radius 1 is 0.659 bits per heavy atom. The molecule has 0 aromatic heterocycles. The molecule has 3 nitrogen and oxygen atoms in total. The Bertz CT molecular complexity index is 2000. The molecule has 1 aliphatic rings. The first kappa shape index (κ1) is 29.4. The smallest absolute Gasteiger partial charge is 0.234 e. The van der Waals surface area contributed by atoms with Crippen LogP contribution in [0, 0.1) is 18.4 Å². The fraction of sp³-hybridized carbons (Fsp3) is 0.128. The van der Waals surface area contributed by atoms with Gasteiger partial charge in [-0.1, -0.05) is 146 Å². The van der Waals surface area contributed by atoms with Crippen LogP contribution in [0.5, 0.6) is 0 Å². The first-order valence-electron chi connectivity index (χ1n) is 14.8. The van der Waals surface area contributed by atoms with Crippen LogP contribution < -0.4 is 4.31 Å². The molecule has 0 heterocycles. The SMILES string of the molecule is Cc1ccc(S(=O)(=O)N(C2=C(c3ccccc3)C(C#C[Si](C)(C)C)(c3ccccc3)c3ccccc32)c2ccccc2)cc1. The van der Waals surface area contributed by atoms with Gasteiger partial charge in [-0.3, -0.25) is 0 Å². The van der Waals surface area contributed by atoms with Gasteiger partial charge in [0.25, 0.3) is 10.0 Å². The number of allylic oxidation sites excluding steroid dienone is 1. The highest BCUT2D eigenvalue weighted by Crippen LogP contribution is 2.56. The number of anilines is 1. The molecule has 0 aliphatic heterocycles. The number of benzene rings is 5. The monoisotopic (exact) mass is 609 g/mol. The zero-order valence-electron chi connectivity index (χ0n) is 25.5. The Labute approximate surface area is 262 Å². The molecular weight excluding hydrogens is 575 g/mol. The number of rotatable bonds is 6. The maximum atomic E-state index is 14.9. The van der Waals surface area contributed by atoms with Crippen molar-refractivity contribution in [2.45, 2.75) is 36.9 Å². The third-order valence-corrected chi connectivity index (χ3v) is 10.5. The quantitative estimate of drug-likeness (QED) is 0.142. The maximum Gasteiger partial charge on any atom is 0.268 e. The van der Waals surface area contributed by atoms with Gasteiger partial charge in [-0.15, -0.1) is 5.54 Å². The Kier molecular flexibility index (Phi) is 7.67. The van der Waals surface area contributed by atoms with Crippen LogP contribution in [0.1, 0.15) is 27.8 Å².